The number of aliphatic hydroxyl groups is 4. The SMILES string of the molecule is CCC/C=C/CCCC(O)C(O)C(CO)NC(=O)C(O)CCCCCCCCCCCCCCCCCC/C=C\C/C=C\CCCCCCCCCCCCC. The van der Waals surface area contributed by atoms with Gasteiger partial charge in [-0.05, 0) is 64.2 Å². The lowest BCUT2D eigenvalue weighted by atomic mass is 10.00. The maximum absolute atomic E-state index is 12.4. The van der Waals surface area contributed by atoms with Gasteiger partial charge in [0.05, 0.1) is 18.8 Å². The predicted molar refractivity (Wildman–Crippen MR) is 242 cm³/mol. The van der Waals surface area contributed by atoms with E-state index in [-0.39, 0.29) is 0 Å². The van der Waals surface area contributed by atoms with Crippen LogP contribution in [0.5, 0.6) is 0 Å². The Kier molecular flexibility index (Phi) is 43.5. The number of allylic oxidation sites excluding steroid dienone is 6. The van der Waals surface area contributed by atoms with Crippen molar-refractivity contribution in [2.75, 3.05) is 6.61 Å². The van der Waals surface area contributed by atoms with E-state index in [4.69, 9.17) is 0 Å². The van der Waals surface area contributed by atoms with Gasteiger partial charge in [-0.2, -0.15) is 0 Å². The molecule has 0 aromatic rings. The number of rotatable bonds is 44. The van der Waals surface area contributed by atoms with Gasteiger partial charge >= 0.3 is 0 Å². The summed E-state index contributed by atoms with van der Waals surface area (Å²) >= 11 is 0. The predicted octanol–water partition coefficient (Wildman–Crippen LogP) is 13.3. The van der Waals surface area contributed by atoms with Crippen LogP contribution in [-0.4, -0.2) is 57.3 Å². The highest BCUT2D eigenvalue weighted by atomic mass is 16.3. The van der Waals surface area contributed by atoms with Crippen LogP contribution in [0.25, 0.3) is 0 Å². The topological polar surface area (TPSA) is 110 Å². The fourth-order valence-electron chi connectivity index (χ4n) is 7.44. The lowest BCUT2D eigenvalue weighted by molar-refractivity contribution is -0.132. The molecule has 0 bridgehead atoms. The highest BCUT2D eigenvalue weighted by molar-refractivity contribution is 5.80. The third kappa shape index (κ3) is 38.1. The summed E-state index contributed by atoms with van der Waals surface area (Å²) in [6.45, 7) is 3.92. The van der Waals surface area contributed by atoms with Gasteiger partial charge in [-0.3, -0.25) is 4.79 Å². The Morgan fingerprint density at radius 3 is 1.25 bits per heavy atom. The lowest BCUT2D eigenvalue weighted by Crippen LogP contribution is -2.53. The number of nitrogens with one attached hydrogen (secondary N) is 1. The van der Waals surface area contributed by atoms with E-state index < -0.39 is 36.9 Å². The molecule has 6 nitrogen and oxygen atoms in total. The molecule has 0 fully saturated rings. The maximum atomic E-state index is 12.4. The Labute approximate surface area is 347 Å². The number of unbranched alkanes of at least 4 members (excludes halogenated alkanes) is 29. The van der Waals surface area contributed by atoms with Crippen molar-refractivity contribution in [3.8, 4) is 0 Å². The molecule has 0 aliphatic rings. The van der Waals surface area contributed by atoms with Crippen LogP contribution in [-0.2, 0) is 4.79 Å². The molecule has 0 rings (SSSR count). The van der Waals surface area contributed by atoms with Gasteiger partial charge in [0, 0.05) is 0 Å². The Hall–Kier alpha value is -1.47. The van der Waals surface area contributed by atoms with Crippen molar-refractivity contribution in [2.24, 2.45) is 0 Å². The molecular weight excluding hydrogens is 695 g/mol. The molecule has 0 aliphatic carbocycles. The van der Waals surface area contributed by atoms with Crippen LogP contribution >= 0.6 is 0 Å². The maximum Gasteiger partial charge on any atom is 0.249 e. The number of aliphatic hydroxyl groups excluding tert-OH is 4. The highest BCUT2D eigenvalue weighted by Crippen LogP contribution is 2.16. The van der Waals surface area contributed by atoms with E-state index in [1.807, 2.05) is 0 Å². The normalized spacial score (nSPS) is 14.3. The van der Waals surface area contributed by atoms with Crippen molar-refractivity contribution in [3.05, 3.63) is 36.5 Å². The van der Waals surface area contributed by atoms with Crippen LogP contribution < -0.4 is 5.32 Å². The molecule has 330 valence electrons. The standard InChI is InChI=1S/C50H95NO5/c1-3-5-7-9-11-12-13-14-15-16-17-18-19-20-21-22-23-24-25-26-27-28-29-30-31-32-33-34-35-36-37-38-40-42-44-48(54)50(56)51-46(45-52)49(55)47(53)43-41-39-10-8-6-4-2/h8,10,19-20,22-23,46-49,52-55H,3-7,9,11-18,21,24-45H2,1-2H3,(H,51,56)/b10-8+,20-19-,23-22-. The minimum Gasteiger partial charge on any atom is -0.394 e. The zero-order chi connectivity index (χ0) is 41.0. The second kappa shape index (κ2) is 44.6. The minimum absolute atomic E-state index is 0.363. The van der Waals surface area contributed by atoms with Crippen molar-refractivity contribution in [1.82, 2.24) is 5.32 Å². The van der Waals surface area contributed by atoms with E-state index in [0.29, 0.717) is 19.3 Å². The van der Waals surface area contributed by atoms with Gasteiger partial charge < -0.3 is 25.7 Å². The minimum atomic E-state index is -1.28. The Morgan fingerprint density at radius 2 is 0.821 bits per heavy atom. The summed E-state index contributed by atoms with van der Waals surface area (Å²) < 4.78 is 0. The van der Waals surface area contributed by atoms with Crippen LogP contribution in [0.3, 0.4) is 0 Å². The molecule has 0 spiro atoms. The second-order valence-corrected chi connectivity index (χ2v) is 16.8. The summed E-state index contributed by atoms with van der Waals surface area (Å²) in [5.41, 5.74) is 0. The third-order valence-corrected chi connectivity index (χ3v) is 11.3. The molecule has 0 saturated carbocycles. The van der Waals surface area contributed by atoms with E-state index >= 15 is 0 Å². The van der Waals surface area contributed by atoms with Crippen LogP contribution in [0.15, 0.2) is 36.5 Å². The number of carbonyl (C=O) groups is 1. The van der Waals surface area contributed by atoms with E-state index in [0.717, 1.165) is 44.9 Å². The first kappa shape index (κ1) is 54.5. The molecule has 4 atom stereocenters. The first-order chi connectivity index (χ1) is 27.5. The van der Waals surface area contributed by atoms with E-state index in [1.165, 1.54) is 167 Å². The van der Waals surface area contributed by atoms with Crippen LogP contribution in [0.1, 0.15) is 245 Å². The van der Waals surface area contributed by atoms with Crippen LogP contribution in [0.4, 0.5) is 0 Å². The molecule has 1 amide bonds. The molecule has 4 unspecified atom stereocenters. The van der Waals surface area contributed by atoms with Gasteiger partial charge in [0.1, 0.15) is 12.2 Å². The van der Waals surface area contributed by atoms with Crippen molar-refractivity contribution in [2.45, 2.75) is 269 Å². The Balaban J connectivity index is 3.50. The van der Waals surface area contributed by atoms with Crippen molar-refractivity contribution < 1.29 is 25.2 Å². The molecule has 0 heterocycles. The van der Waals surface area contributed by atoms with Gasteiger partial charge in [0.25, 0.3) is 0 Å². The number of amides is 1. The first-order valence-electron chi connectivity index (χ1n) is 24.4. The molecule has 0 aliphatic heterocycles. The molecular formula is C50H95NO5. The quantitative estimate of drug-likeness (QED) is 0.0312. The molecule has 5 N–H and O–H groups in total. The average molecular weight is 790 g/mol. The summed E-state index contributed by atoms with van der Waals surface area (Å²) in [4.78, 5) is 12.4. The van der Waals surface area contributed by atoms with Crippen molar-refractivity contribution >= 4 is 5.91 Å². The molecule has 0 aromatic carbocycles. The third-order valence-electron chi connectivity index (χ3n) is 11.3. The molecule has 0 saturated heterocycles. The van der Waals surface area contributed by atoms with E-state index in [2.05, 4.69) is 55.6 Å². The first-order valence-corrected chi connectivity index (χ1v) is 24.4. The van der Waals surface area contributed by atoms with Crippen LogP contribution in [0, 0.1) is 0 Å². The summed E-state index contributed by atoms with van der Waals surface area (Å²) in [6.07, 6.45) is 54.0. The molecule has 0 aromatic heterocycles. The summed E-state index contributed by atoms with van der Waals surface area (Å²) in [6, 6.07) is -0.998. The summed E-state index contributed by atoms with van der Waals surface area (Å²) in [7, 11) is 0. The zero-order valence-corrected chi connectivity index (χ0v) is 37.1. The van der Waals surface area contributed by atoms with Gasteiger partial charge in [-0.15, -0.1) is 0 Å². The number of hydrogen-bond donors (Lipinski definition) is 5. The van der Waals surface area contributed by atoms with Crippen molar-refractivity contribution in [3.63, 3.8) is 0 Å². The average Bonchev–Trinajstić information content (AvgIpc) is 3.20. The van der Waals surface area contributed by atoms with Gasteiger partial charge in [0.15, 0.2) is 0 Å². The van der Waals surface area contributed by atoms with Gasteiger partial charge in [-0.25, -0.2) is 0 Å². The summed E-state index contributed by atoms with van der Waals surface area (Å²) in [5.74, 6) is -0.598. The van der Waals surface area contributed by atoms with Gasteiger partial charge in [-0.1, -0.05) is 217 Å². The van der Waals surface area contributed by atoms with Gasteiger partial charge in [0.2, 0.25) is 5.91 Å². The fraction of sp³-hybridized carbons (Fsp3) is 0.860. The Morgan fingerprint density at radius 1 is 0.446 bits per heavy atom. The zero-order valence-electron chi connectivity index (χ0n) is 37.1. The molecule has 56 heavy (non-hydrogen) atoms. The number of carbonyl (C=O) groups excluding carboxylic acids is 1. The monoisotopic (exact) mass is 790 g/mol. The van der Waals surface area contributed by atoms with Crippen LogP contribution in [0.2, 0.25) is 0 Å². The largest absolute Gasteiger partial charge is 0.394 e. The second-order valence-electron chi connectivity index (χ2n) is 16.8. The Bertz CT molecular complexity index is 889. The fourth-order valence-corrected chi connectivity index (χ4v) is 7.44. The number of hydrogen-bond acceptors (Lipinski definition) is 5. The highest BCUT2D eigenvalue weighted by Gasteiger charge is 2.28. The summed E-state index contributed by atoms with van der Waals surface area (Å²) in [5, 5.41) is 43.2. The van der Waals surface area contributed by atoms with E-state index in [9.17, 15) is 25.2 Å². The molecule has 0 radical (unpaired) electrons. The van der Waals surface area contributed by atoms with Crippen molar-refractivity contribution in [1.29, 1.82) is 0 Å². The lowest BCUT2D eigenvalue weighted by Gasteiger charge is -2.27. The smallest absolute Gasteiger partial charge is 0.249 e. The van der Waals surface area contributed by atoms with E-state index in [1.54, 1.807) is 0 Å². The molecule has 6 heteroatoms.